The predicted octanol–water partition coefficient (Wildman–Crippen LogP) is 1.70. The minimum Gasteiger partial charge on any atom is -0.356 e. The first-order valence-corrected chi connectivity index (χ1v) is 8.54. The van der Waals surface area contributed by atoms with Crippen molar-refractivity contribution in [2.24, 2.45) is 0 Å². The van der Waals surface area contributed by atoms with E-state index in [1.165, 1.54) is 31.0 Å². The van der Waals surface area contributed by atoms with Crippen LogP contribution in [0, 0.1) is 0 Å². The topological polar surface area (TPSA) is 53.5 Å². The molecule has 0 radical (unpaired) electrons. The highest BCUT2D eigenvalue weighted by atomic mass is 79.9. The van der Waals surface area contributed by atoms with Crippen molar-refractivity contribution in [1.82, 2.24) is 9.29 Å². The van der Waals surface area contributed by atoms with Gasteiger partial charge in [-0.05, 0) is 25.0 Å². The highest BCUT2D eigenvalue weighted by Gasteiger charge is 2.21. The summed E-state index contributed by atoms with van der Waals surface area (Å²) in [7, 11) is -0.358. The summed E-state index contributed by atoms with van der Waals surface area (Å²) in [6.07, 6.45) is 3.72. The first-order chi connectivity index (χ1) is 8.91. The Bertz CT molecular complexity index is 530. The van der Waals surface area contributed by atoms with Gasteiger partial charge in [0, 0.05) is 38.2 Å². The predicted molar refractivity (Wildman–Crippen MR) is 79.3 cm³/mol. The third kappa shape index (κ3) is 3.27. The van der Waals surface area contributed by atoms with Gasteiger partial charge < -0.3 is 4.90 Å². The van der Waals surface area contributed by atoms with Gasteiger partial charge in [0.05, 0.1) is 0 Å². The highest BCUT2D eigenvalue weighted by Crippen LogP contribution is 2.23. The number of pyridine rings is 1. The van der Waals surface area contributed by atoms with E-state index in [0.717, 1.165) is 25.3 Å². The summed E-state index contributed by atoms with van der Waals surface area (Å²) in [5.74, 6) is 0.835. The van der Waals surface area contributed by atoms with E-state index in [2.05, 4.69) is 25.8 Å². The van der Waals surface area contributed by atoms with Gasteiger partial charge in [-0.1, -0.05) is 15.9 Å². The van der Waals surface area contributed by atoms with Gasteiger partial charge in [0.2, 0.25) is 10.0 Å². The maximum absolute atomic E-state index is 11.9. The van der Waals surface area contributed by atoms with E-state index >= 15 is 0 Å². The summed E-state index contributed by atoms with van der Waals surface area (Å²) in [4.78, 5) is 7.17. The van der Waals surface area contributed by atoms with Crippen molar-refractivity contribution in [2.75, 3.05) is 32.1 Å². The maximum Gasteiger partial charge on any atom is 0.244 e. The maximum atomic E-state index is 11.9. The standard InChI is InChI=1S/C12H18BrN3O2S/c1-15(2)19(17,18)11-5-6-12(14-8-11)16-7-3-4-10(13)9-16/h5-6,8,10H,3-4,7,9H2,1-2H3. The third-order valence-corrected chi connectivity index (χ3v) is 5.73. The van der Waals surface area contributed by atoms with E-state index in [-0.39, 0.29) is 4.90 Å². The van der Waals surface area contributed by atoms with Gasteiger partial charge in [-0.3, -0.25) is 0 Å². The summed E-state index contributed by atoms with van der Waals surface area (Å²) in [6, 6.07) is 3.40. The van der Waals surface area contributed by atoms with Gasteiger partial charge >= 0.3 is 0 Å². The molecule has 1 aliphatic rings. The first-order valence-electron chi connectivity index (χ1n) is 6.19. The molecule has 7 heteroatoms. The third-order valence-electron chi connectivity index (χ3n) is 3.19. The fraction of sp³-hybridized carbons (Fsp3) is 0.583. The second kappa shape index (κ2) is 5.76. The van der Waals surface area contributed by atoms with Crippen LogP contribution in [0.2, 0.25) is 0 Å². The Hall–Kier alpha value is -0.660. The Kier molecular flexibility index (Phi) is 4.47. The number of rotatable bonds is 3. The molecule has 1 saturated heterocycles. The van der Waals surface area contributed by atoms with Crippen molar-refractivity contribution < 1.29 is 8.42 Å². The van der Waals surface area contributed by atoms with Gasteiger partial charge in [-0.15, -0.1) is 0 Å². The molecule has 2 rings (SSSR count). The highest BCUT2D eigenvalue weighted by molar-refractivity contribution is 9.09. The summed E-state index contributed by atoms with van der Waals surface area (Å²) >= 11 is 3.62. The molecule has 1 aromatic rings. The van der Waals surface area contributed by atoms with Crippen LogP contribution in [-0.4, -0.2) is 49.7 Å². The number of hydrogen-bond acceptors (Lipinski definition) is 4. The number of halogens is 1. The van der Waals surface area contributed by atoms with E-state index in [0.29, 0.717) is 4.83 Å². The molecule has 0 bridgehead atoms. The van der Waals surface area contributed by atoms with Crippen LogP contribution in [0.25, 0.3) is 0 Å². The number of hydrogen-bond donors (Lipinski definition) is 0. The number of sulfonamides is 1. The molecular formula is C12H18BrN3O2S. The molecule has 5 nitrogen and oxygen atoms in total. The Morgan fingerprint density at radius 3 is 2.68 bits per heavy atom. The molecule has 1 atom stereocenters. The quantitative estimate of drug-likeness (QED) is 0.781. The van der Waals surface area contributed by atoms with E-state index in [9.17, 15) is 8.42 Å². The lowest BCUT2D eigenvalue weighted by Gasteiger charge is -2.31. The van der Waals surface area contributed by atoms with E-state index < -0.39 is 10.0 Å². The lowest BCUT2D eigenvalue weighted by atomic mass is 10.1. The van der Waals surface area contributed by atoms with Crippen molar-refractivity contribution in [3.8, 4) is 0 Å². The first kappa shape index (κ1) is 14.7. The van der Waals surface area contributed by atoms with Gasteiger partial charge in [-0.2, -0.15) is 0 Å². The number of nitrogens with zero attached hydrogens (tertiary/aromatic N) is 3. The van der Waals surface area contributed by atoms with Gasteiger partial charge in [0.1, 0.15) is 10.7 Å². The molecule has 0 spiro atoms. The van der Waals surface area contributed by atoms with E-state index in [1.54, 1.807) is 12.1 Å². The van der Waals surface area contributed by atoms with Crippen LogP contribution in [0.15, 0.2) is 23.2 Å². The zero-order valence-corrected chi connectivity index (χ0v) is 13.5. The zero-order valence-electron chi connectivity index (χ0n) is 11.1. The summed E-state index contributed by atoms with van der Waals surface area (Å²) < 4.78 is 25.1. The smallest absolute Gasteiger partial charge is 0.244 e. The SMILES string of the molecule is CN(C)S(=O)(=O)c1ccc(N2CCCC(Br)C2)nc1. The van der Waals surface area contributed by atoms with Crippen molar-refractivity contribution in [1.29, 1.82) is 0 Å². The van der Waals surface area contributed by atoms with Gasteiger partial charge in [0.15, 0.2) is 0 Å². The molecule has 19 heavy (non-hydrogen) atoms. The minimum atomic E-state index is -3.39. The van der Waals surface area contributed by atoms with Crippen molar-refractivity contribution in [2.45, 2.75) is 22.6 Å². The lowest BCUT2D eigenvalue weighted by Crippen LogP contribution is -2.36. The largest absolute Gasteiger partial charge is 0.356 e. The molecule has 1 aromatic heterocycles. The molecule has 2 heterocycles. The van der Waals surface area contributed by atoms with Crippen molar-refractivity contribution in [3.63, 3.8) is 0 Å². The van der Waals surface area contributed by atoms with Crippen LogP contribution in [0.3, 0.4) is 0 Å². The van der Waals surface area contributed by atoms with E-state index in [4.69, 9.17) is 0 Å². The molecule has 0 saturated carbocycles. The second-order valence-corrected chi connectivity index (χ2v) is 8.27. The summed E-state index contributed by atoms with van der Waals surface area (Å²) in [5, 5.41) is 0. The summed E-state index contributed by atoms with van der Waals surface area (Å²) in [6.45, 7) is 1.88. The van der Waals surface area contributed by atoms with Crippen LogP contribution in [0.1, 0.15) is 12.8 Å². The average Bonchev–Trinajstić information content (AvgIpc) is 2.38. The number of anilines is 1. The number of alkyl halides is 1. The molecular weight excluding hydrogens is 330 g/mol. The van der Waals surface area contributed by atoms with Crippen molar-refractivity contribution >= 4 is 31.8 Å². The Balaban J connectivity index is 2.19. The fourth-order valence-corrected chi connectivity index (χ4v) is 3.58. The monoisotopic (exact) mass is 347 g/mol. The Morgan fingerprint density at radius 1 is 1.42 bits per heavy atom. The number of piperidine rings is 1. The molecule has 1 aliphatic heterocycles. The van der Waals surface area contributed by atoms with Crippen LogP contribution in [0.5, 0.6) is 0 Å². The fourth-order valence-electron chi connectivity index (χ4n) is 2.06. The molecule has 0 N–H and O–H groups in total. The lowest BCUT2D eigenvalue weighted by molar-refractivity contribution is 0.520. The normalized spacial score (nSPS) is 20.8. The molecule has 0 aliphatic carbocycles. The molecule has 0 amide bonds. The van der Waals surface area contributed by atoms with Gasteiger partial charge in [0.25, 0.3) is 0 Å². The van der Waals surface area contributed by atoms with E-state index in [1.807, 2.05) is 0 Å². The number of aromatic nitrogens is 1. The Labute approximate surface area is 122 Å². The van der Waals surface area contributed by atoms with Crippen LogP contribution >= 0.6 is 15.9 Å². The van der Waals surface area contributed by atoms with Crippen LogP contribution < -0.4 is 4.90 Å². The van der Waals surface area contributed by atoms with Crippen LogP contribution in [0.4, 0.5) is 5.82 Å². The molecule has 106 valence electrons. The second-order valence-electron chi connectivity index (χ2n) is 4.83. The molecule has 0 aromatic carbocycles. The zero-order chi connectivity index (χ0) is 14.0. The van der Waals surface area contributed by atoms with Crippen molar-refractivity contribution in [3.05, 3.63) is 18.3 Å². The molecule has 1 fully saturated rings. The average molecular weight is 348 g/mol. The molecule has 1 unspecified atom stereocenters. The Morgan fingerprint density at radius 2 is 2.16 bits per heavy atom. The van der Waals surface area contributed by atoms with Gasteiger partial charge in [-0.25, -0.2) is 17.7 Å². The van der Waals surface area contributed by atoms with Crippen LogP contribution in [-0.2, 0) is 10.0 Å². The summed E-state index contributed by atoms with van der Waals surface area (Å²) in [5.41, 5.74) is 0. The minimum absolute atomic E-state index is 0.230.